The highest BCUT2D eigenvalue weighted by molar-refractivity contribution is 7.89. The summed E-state index contributed by atoms with van der Waals surface area (Å²) in [6.45, 7) is 1.05. The van der Waals surface area contributed by atoms with Gasteiger partial charge in [0.05, 0.1) is 11.0 Å². The lowest BCUT2D eigenvalue weighted by Crippen LogP contribution is -2.27. The van der Waals surface area contributed by atoms with Crippen molar-refractivity contribution in [2.45, 2.75) is 17.7 Å². The number of nitrogens with one attached hydrogen (secondary N) is 2. The molecule has 0 aliphatic carbocycles. The Hall–Kier alpha value is -3.43. The lowest BCUT2D eigenvalue weighted by molar-refractivity contribution is 0.101. The SMILES string of the molecule is Cn1cc(S(=O)(=O)N2CCCC2)cc1C(=O)Nc1ccc(-c2nc3ccccc3[nH]2)cc1. The van der Waals surface area contributed by atoms with E-state index < -0.39 is 10.0 Å². The van der Waals surface area contributed by atoms with Crippen LogP contribution in [0.2, 0.25) is 0 Å². The van der Waals surface area contributed by atoms with Crippen LogP contribution in [0.1, 0.15) is 23.3 Å². The first-order valence-corrected chi connectivity index (χ1v) is 11.9. The number of carbonyl (C=O) groups is 1. The van der Waals surface area contributed by atoms with Crippen LogP contribution in [0.15, 0.2) is 65.7 Å². The lowest BCUT2D eigenvalue weighted by Gasteiger charge is -2.13. The Bertz CT molecular complexity index is 1360. The second kappa shape index (κ2) is 7.92. The summed E-state index contributed by atoms with van der Waals surface area (Å²) in [6, 6.07) is 16.6. The standard InChI is InChI=1S/C23H23N5O3S/c1-27-15-18(32(30,31)28-12-4-5-13-28)14-21(27)23(29)24-17-10-8-16(9-11-17)22-25-19-6-2-3-7-20(19)26-22/h2-3,6-11,14-15H,4-5,12-13H2,1H3,(H,24,29)(H,25,26). The minimum absolute atomic E-state index is 0.146. The summed E-state index contributed by atoms with van der Waals surface area (Å²) in [4.78, 5) is 20.8. The largest absolute Gasteiger partial charge is 0.345 e. The molecule has 0 radical (unpaired) electrons. The number of hydrogen-bond donors (Lipinski definition) is 2. The number of amides is 1. The van der Waals surface area contributed by atoms with Crippen LogP contribution in [0.5, 0.6) is 0 Å². The molecule has 1 amide bonds. The van der Waals surface area contributed by atoms with Crippen LogP contribution in [-0.2, 0) is 17.1 Å². The fourth-order valence-electron chi connectivity index (χ4n) is 3.97. The van der Waals surface area contributed by atoms with Crippen LogP contribution in [0.4, 0.5) is 5.69 Å². The van der Waals surface area contributed by atoms with Crippen molar-refractivity contribution in [3.05, 3.63) is 66.5 Å². The number of aromatic nitrogens is 3. The van der Waals surface area contributed by atoms with Gasteiger partial charge in [-0.15, -0.1) is 0 Å². The van der Waals surface area contributed by atoms with Crippen molar-refractivity contribution in [3.63, 3.8) is 0 Å². The van der Waals surface area contributed by atoms with Gasteiger partial charge in [0.1, 0.15) is 16.4 Å². The zero-order valence-electron chi connectivity index (χ0n) is 17.6. The second-order valence-electron chi connectivity index (χ2n) is 7.92. The van der Waals surface area contributed by atoms with E-state index in [1.165, 1.54) is 16.6 Å². The number of imidazole rings is 1. The third-order valence-electron chi connectivity index (χ3n) is 5.72. The molecule has 1 fully saturated rings. The molecule has 1 saturated heterocycles. The molecule has 0 unspecified atom stereocenters. The molecule has 1 aliphatic rings. The Morgan fingerprint density at radius 3 is 2.50 bits per heavy atom. The summed E-state index contributed by atoms with van der Waals surface area (Å²) in [5, 5.41) is 2.84. The first kappa shape index (κ1) is 20.5. The minimum atomic E-state index is -3.57. The maximum Gasteiger partial charge on any atom is 0.272 e. The number of aromatic amines is 1. The molecule has 5 rings (SSSR count). The third kappa shape index (κ3) is 3.69. The molecule has 3 heterocycles. The van der Waals surface area contributed by atoms with Gasteiger partial charge in [0.15, 0.2) is 0 Å². The average Bonchev–Trinajstić information content (AvgIpc) is 3.53. The number of fused-ring (bicyclic) bond motifs is 1. The van der Waals surface area contributed by atoms with E-state index in [0.29, 0.717) is 18.8 Å². The molecule has 9 heteroatoms. The number of hydrogen-bond acceptors (Lipinski definition) is 4. The van der Waals surface area contributed by atoms with Crippen LogP contribution in [0, 0.1) is 0 Å². The van der Waals surface area contributed by atoms with Crippen molar-refractivity contribution in [3.8, 4) is 11.4 Å². The Kier molecular flexibility index (Phi) is 5.07. The summed E-state index contributed by atoms with van der Waals surface area (Å²) in [5.41, 5.74) is 3.65. The van der Waals surface area contributed by atoms with Crippen LogP contribution >= 0.6 is 0 Å². The molecule has 0 saturated carbocycles. The highest BCUT2D eigenvalue weighted by Crippen LogP contribution is 2.24. The van der Waals surface area contributed by atoms with Crippen molar-refractivity contribution in [1.29, 1.82) is 0 Å². The second-order valence-corrected chi connectivity index (χ2v) is 9.86. The smallest absolute Gasteiger partial charge is 0.272 e. The number of aryl methyl sites for hydroxylation is 1. The number of carbonyl (C=O) groups excluding carboxylic acids is 1. The Labute approximate surface area is 185 Å². The third-order valence-corrected chi connectivity index (χ3v) is 7.58. The van der Waals surface area contributed by atoms with Gasteiger partial charge in [-0.25, -0.2) is 13.4 Å². The van der Waals surface area contributed by atoms with Crippen molar-refractivity contribution in [2.75, 3.05) is 18.4 Å². The van der Waals surface area contributed by atoms with Gasteiger partial charge in [-0.1, -0.05) is 12.1 Å². The van der Waals surface area contributed by atoms with Gasteiger partial charge in [-0.05, 0) is 55.3 Å². The molecular weight excluding hydrogens is 426 g/mol. The Morgan fingerprint density at radius 1 is 1.06 bits per heavy atom. The molecular formula is C23H23N5O3S. The van der Waals surface area contributed by atoms with E-state index >= 15 is 0 Å². The van der Waals surface area contributed by atoms with Crippen molar-refractivity contribution in [2.24, 2.45) is 7.05 Å². The first-order chi connectivity index (χ1) is 15.4. The molecule has 32 heavy (non-hydrogen) atoms. The predicted octanol–water partition coefficient (Wildman–Crippen LogP) is 3.61. The monoisotopic (exact) mass is 449 g/mol. The van der Waals surface area contributed by atoms with E-state index in [2.05, 4.69) is 15.3 Å². The summed E-state index contributed by atoms with van der Waals surface area (Å²) in [5.74, 6) is 0.384. The van der Waals surface area contributed by atoms with Crippen molar-refractivity contribution >= 4 is 32.7 Å². The van der Waals surface area contributed by atoms with Gasteiger partial charge < -0.3 is 14.9 Å². The number of rotatable bonds is 5. The van der Waals surface area contributed by atoms with E-state index in [1.807, 2.05) is 36.4 Å². The highest BCUT2D eigenvalue weighted by Gasteiger charge is 2.29. The summed E-state index contributed by atoms with van der Waals surface area (Å²) >= 11 is 0. The topological polar surface area (TPSA) is 100 Å². The van der Waals surface area contributed by atoms with Gasteiger partial charge in [0, 0.05) is 37.6 Å². The fraction of sp³-hybridized carbons (Fsp3) is 0.217. The summed E-state index contributed by atoms with van der Waals surface area (Å²) < 4.78 is 28.6. The van der Waals surface area contributed by atoms with E-state index in [-0.39, 0.29) is 16.5 Å². The van der Waals surface area contributed by atoms with Gasteiger partial charge >= 0.3 is 0 Å². The van der Waals surface area contributed by atoms with E-state index in [0.717, 1.165) is 35.3 Å². The number of sulfonamides is 1. The number of nitrogens with zero attached hydrogens (tertiary/aromatic N) is 3. The van der Waals surface area contributed by atoms with E-state index in [9.17, 15) is 13.2 Å². The summed E-state index contributed by atoms with van der Waals surface area (Å²) in [6.07, 6.45) is 3.22. The maximum absolute atomic E-state index is 12.8. The predicted molar refractivity (Wildman–Crippen MR) is 123 cm³/mol. The normalized spacial score (nSPS) is 14.8. The molecule has 0 bridgehead atoms. The molecule has 2 aromatic carbocycles. The number of para-hydroxylation sites is 2. The molecule has 8 nitrogen and oxygen atoms in total. The number of anilines is 1. The van der Waals surface area contributed by atoms with Crippen LogP contribution < -0.4 is 5.32 Å². The molecule has 2 N–H and O–H groups in total. The van der Waals surface area contributed by atoms with Crippen LogP contribution in [-0.4, -0.2) is 46.3 Å². The van der Waals surface area contributed by atoms with Gasteiger partial charge in [0.25, 0.3) is 5.91 Å². The number of benzene rings is 2. The molecule has 0 spiro atoms. The fourth-order valence-corrected chi connectivity index (χ4v) is 5.56. The first-order valence-electron chi connectivity index (χ1n) is 10.4. The quantitative estimate of drug-likeness (QED) is 0.486. The average molecular weight is 450 g/mol. The summed E-state index contributed by atoms with van der Waals surface area (Å²) in [7, 11) is -1.90. The van der Waals surface area contributed by atoms with E-state index in [4.69, 9.17) is 0 Å². The Balaban J connectivity index is 1.33. The molecule has 2 aromatic heterocycles. The molecule has 164 valence electrons. The molecule has 1 aliphatic heterocycles. The maximum atomic E-state index is 12.8. The van der Waals surface area contributed by atoms with Crippen LogP contribution in [0.25, 0.3) is 22.4 Å². The van der Waals surface area contributed by atoms with Gasteiger partial charge in [0.2, 0.25) is 10.0 Å². The highest BCUT2D eigenvalue weighted by atomic mass is 32.2. The van der Waals surface area contributed by atoms with Crippen molar-refractivity contribution < 1.29 is 13.2 Å². The zero-order chi connectivity index (χ0) is 22.3. The molecule has 4 aromatic rings. The van der Waals surface area contributed by atoms with Crippen molar-refractivity contribution in [1.82, 2.24) is 18.8 Å². The lowest BCUT2D eigenvalue weighted by atomic mass is 10.2. The van der Waals surface area contributed by atoms with E-state index in [1.54, 1.807) is 23.7 Å². The van der Waals surface area contributed by atoms with Crippen LogP contribution in [0.3, 0.4) is 0 Å². The Morgan fingerprint density at radius 2 is 1.78 bits per heavy atom. The minimum Gasteiger partial charge on any atom is -0.345 e. The van der Waals surface area contributed by atoms with Gasteiger partial charge in [-0.3, -0.25) is 4.79 Å². The molecule has 0 atom stereocenters. The number of H-pyrrole nitrogens is 1. The zero-order valence-corrected chi connectivity index (χ0v) is 18.4. The van der Waals surface area contributed by atoms with Gasteiger partial charge in [-0.2, -0.15) is 4.31 Å².